The van der Waals surface area contributed by atoms with E-state index in [9.17, 15) is 4.79 Å². The molecule has 2 heterocycles. The molecule has 2 aromatic carbocycles. The van der Waals surface area contributed by atoms with Gasteiger partial charge < -0.3 is 10.6 Å². The summed E-state index contributed by atoms with van der Waals surface area (Å²) in [7, 11) is 0. The quantitative estimate of drug-likeness (QED) is 0.604. The first-order valence-electron chi connectivity index (χ1n) is 10.9. The molecule has 0 spiro atoms. The van der Waals surface area contributed by atoms with Gasteiger partial charge in [0.05, 0.1) is 17.9 Å². The van der Waals surface area contributed by atoms with Gasteiger partial charge in [-0.3, -0.25) is 9.78 Å². The third-order valence-corrected chi connectivity index (χ3v) is 7.43. The van der Waals surface area contributed by atoms with Crippen molar-refractivity contribution in [2.24, 2.45) is 17.8 Å². The Balaban J connectivity index is 1.36. The number of anilines is 2. The summed E-state index contributed by atoms with van der Waals surface area (Å²) in [5, 5.41) is 6.82. The Kier molecular flexibility index (Phi) is 4.12. The van der Waals surface area contributed by atoms with E-state index in [0.29, 0.717) is 17.9 Å². The van der Waals surface area contributed by atoms with E-state index in [-0.39, 0.29) is 5.91 Å². The van der Waals surface area contributed by atoms with Crippen molar-refractivity contribution < 1.29 is 4.79 Å². The van der Waals surface area contributed by atoms with Crippen molar-refractivity contribution in [3.8, 4) is 0 Å². The minimum Gasteiger partial charge on any atom is -0.378 e. The second-order valence-corrected chi connectivity index (χ2v) is 8.97. The van der Waals surface area contributed by atoms with Crippen molar-refractivity contribution in [3.63, 3.8) is 0 Å². The number of carbonyl (C=O) groups excluding carboxylic acids is 1. The lowest BCUT2D eigenvalue weighted by atomic mass is 9.68. The molecule has 4 heteroatoms. The van der Waals surface area contributed by atoms with Crippen molar-refractivity contribution in [2.45, 2.75) is 31.2 Å². The van der Waals surface area contributed by atoms with E-state index in [0.717, 1.165) is 23.1 Å². The molecule has 1 aliphatic heterocycles. The monoisotopic (exact) mass is 395 g/mol. The Labute approximate surface area is 176 Å². The second kappa shape index (κ2) is 6.98. The Morgan fingerprint density at radius 2 is 1.87 bits per heavy atom. The molecule has 2 fully saturated rings. The van der Waals surface area contributed by atoms with Crippen LogP contribution in [-0.2, 0) is 0 Å². The zero-order valence-electron chi connectivity index (χ0n) is 16.8. The fourth-order valence-electron chi connectivity index (χ4n) is 6.26. The zero-order chi connectivity index (χ0) is 20.1. The van der Waals surface area contributed by atoms with Gasteiger partial charge in [0, 0.05) is 17.4 Å². The molecule has 1 aromatic heterocycles. The highest BCUT2D eigenvalue weighted by atomic mass is 16.1. The maximum absolute atomic E-state index is 12.9. The van der Waals surface area contributed by atoms with Crippen molar-refractivity contribution in [1.29, 1.82) is 0 Å². The first kappa shape index (κ1) is 17.7. The maximum atomic E-state index is 12.9. The van der Waals surface area contributed by atoms with Gasteiger partial charge in [0.2, 0.25) is 0 Å². The lowest BCUT2D eigenvalue weighted by Gasteiger charge is -2.43. The number of benzene rings is 2. The normalized spacial score (nSPS) is 28.3. The van der Waals surface area contributed by atoms with Gasteiger partial charge >= 0.3 is 0 Å². The number of pyridine rings is 1. The molecule has 5 unspecified atom stereocenters. The Hall–Kier alpha value is -3.14. The minimum atomic E-state index is -0.0734. The molecule has 0 saturated heterocycles. The molecule has 3 aliphatic rings. The summed E-state index contributed by atoms with van der Waals surface area (Å²) in [6.07, 6.45) is 7.37. The Morgan fingerprint density at radius 1 is 1.00 bits per heavy atom. The smallest absolute Gasteiger partial charge is 0.255 e. The Morgan fingerprint density at radius 3 is 2.70 bits per heavy atom. The van der Waals surface area contributed by atoms with Gasteiger partial charge in [0.1, 0.15) is 0 Å². The number of aromatic nitrogens is 1. The predicted octanol–water partition coefficient (Wildman–Crippen LogP) is 5.63. The second-order valence-electron chi connectivity index (χ2n) is 8.97. The van der Waals surface area contributed by atoms with Crippen LogP contribution < -0.4 is 10.6 Å². The van der Waals surface area contributed by atoms with E-state index >= 15 is 0 Å². The van der Waals surface area contributed by atoms with Crippen LogP contribution in [0.25, 0.3) is 0 Å². The third-order valence-electron chi connectivity index (χ3n) is 7.43. The molecule has 1 amide bonds. The fourth-order valence-corrected chi connectivity index (χ4v) is 6.26. The van der Waals surface area contributed by atoms with Gasteiger partial charge in [-0.1, -0.05) is 30.3 Å². The maximum Gasteiger partial charge on any atom is 0.255 e. The molecule has 150 valence electrons. The predicted molar refractivity (Wildman–Crippen MR) is 118 cm³/mol. The molecule has 2 N–H and O–H groups in total. The fraction of sp³-hybridized carbons (Fsp3) is 0.308. The van der Waals surface area contributed by atoms with Crippen LogP contribution in [0.4, 0.5) is 11.4 Å². The molecular weight excluding hydrogens is 370 g/mol. The van der Waals surface area contributed by atoms with Crippen LogP contribution in [0, 0.1) is 17.8 Å². The summed E-state index contributed by atoms with van der Waals surface area (Å²) >= 11 is 0. The number of hydrogen-bond donors (Lipinski definition) is 2. The lowest BCUT2D eigenvalue weighted by molar-refractivity contribution is 0.102. The molecule has 2 saturated carbocycles. The average molecular weight is 396 g/mol. The van der Waals surface area contributed by atoms with Gasteiger partial charge in [-0.05, 0) is 84.4 Å². The molecule has 30 heavy (non-hydrogen) atoms. The first-order valence-corrected chi connectivity index (χ1v) is 10.9. The van der Waals surface area contributed by atoms with Crippen LogP contribution in [-0.4, -0.2) is 10.9 Å². The third kappa shape index (κ3) is 2.82. The Bertz CT molecular complexity index is 1080. The molecule has 2 aliphatic carbocycles. The van der Waals surface area contributed by atoms with Crippen molar-refractivity contribution >= 4 is 17.3 Å². The van der Waals surface area contributed by atoms with Crippen LogP contribution in [0.15, 0.2) is 73.1 Å². The molecule has 3 aromatic rings. The lowest BCUT2D eigenvalue weighted by Crippen LogP contribution is -2.35. The van der Waals surface area contributed by atoms with E-state index < -0.39 is 0 Å². The standard InChI is InChI=1S/C26H25N3O/c30-26(28-20-7-4-12-27-15-20)19-10-11-22-21(14-19)23-17-8-9-18(13-17)24(23)25(29-22)16-5-2-1-3-6-16/h1-7,10-12,14-15,17-18,23-25,29H,8-9,13H2,(H,28,30). The van der Waals surface area contributed by atoms with Gasteiger partial charge in [-0.2, -0.15) is 0 Å². The van der Waals surface area contributed by atoms with E-state index in [4.69, 9.17) is 0 Å². The number of nitrogens with one attached hydrogen (secondary N) is 2. The number of fused-ring (bicyclic) bond motifs is 7. The molecular formula is C26H25N3O. The summed E-state index contributed by atoms with van der Waals surface area (Å²) in [6, 6.07) is 21.1. The number of amides is 1. The van der Waals surface area contributed by atoms with Crippen LogP contribution >= 0.6 is 0 Å². The van der Waals surface area contributed by atoms with Crippen molar-refractivity contribution in [2.75, 3.05) is 10.6 Å². The summed E-state index contributed by atoms with van der Waals surface area (Å²) in [4.78, 5) is 17.0. The van der Waals surface area contributed by atoms with E-state index in [2.05, 4.69) is 58.1 Å². The highest BCUT2D eigenvalue weighted by molar-refractivity contribution is 6.04. The molecule has 5 atom stereocenters. The van der Waals surface area contributed by atoms with Crippen LogP contribution in [0.2, 0.25) is 0 Å². The highest BCUT2D eigenvalue weighted by Gasteiger charge is 2.53. The van der Waals surface area contributed by atoms with Crippen LogP contribution in [0.5, 0.6) is 0 Å². The zero-order valence-corrected chi connectivity index (χ0v) is 16.8. The summed E-state index contributed by atoms with van der Waals surface area (Å²) < 4.78 is 0. The number of carbonyl (C=O) groups is 1. The molecule has 6 rings (SSSR count). The van der Waals surface area contributed by atoms with Gasteiger partial charge in [0.15, 0.2) is 0 Å². The number of hydrogen-bond acceptors (Lipinski definition) is 3. The SMILES string of the molecule is O=C(Nc1cccnc1)c1ccc2c(c1)C1C3CCC(C3)C1C(c1ccccc1)N2. The summed E-state index contributed by atoms with van der Waals surface area (Å²) in [5.41, 5.74) is 5.34. The average Bonchev–Trinajstić information content (AvgIpc) is 3.42. The van der Waals surface area contributed by atoms with Gasteiger partial charge in [0.25, 0.3) is 5.91 Å². The van der Waals surface area contributed by atoms with E-state index in [1.54, 1.807) is 12.4 Å². The van der Waals surface area contributed by atoms with E-state index in [1.165, 1.54) is 36.1 Å². The van der Waals surface area contributed by atoms with Gasteiger partial charge in [-0.15, -0.1) is 0 Å². The van der Waals surface area contributed by atoms with Gasteiger partial charge in [-0.25, -0.2) is 0 Å². The van der Waals surface area contributed by atoms with Crippen molar-refractivity contribution in [3.05, 3.63) is 89.7 Å². The summed E-state index contributed by atoms with van der Waals surface area (Å²) in [5.74, 6) is 2.59. The molecule has 4 nitrogen and oxygen atoms in total. The number of nitrogens with zero attached hydrogens (tertiary/aromatic N) is 1. The number of rotatable bonds is 3. The minimum absolute atomic E-state index is 0.0734. The highest BCUT2D eigenvalue weighted by Crippen LogP contribution is 2.63. The topological polar surface area (TPSA) is 54.0 Å². The molecule has 2 bridgehead atoms. The van der Waals surface area contributed by atoms with Crippen molar-refractivity contribution in [1.82, 2.24) is 4.98 Å². The first-order chi connectivity index (χ1) is 14.8. The van der Waals surface area contributed by atoms with Crippen LogP contribution in [0.3, 0.4) is 0 Å². The van der Waals surface area contributed by atoms with E-state index in [1.807, 2.05) is 18.2 Å². The molecule has 0 radical (unpaired) electrons. The summed E-state index contributed by atoms with van der Waals surface area (Å²) in [6.45, 7) is 0. The van der Waals surface area contributed by atoms with Crippen LogP contribution in [0.1, 0.15) is 52.7 Å². The largest absolute Gasteiger partial charge is 0.378 e.